The Bertz CT molecular complexity index is 1030. The number of nitrogens with zero attached hydrogens (tertiary/aromatic N) is 1. The second-order valence-electron chi connectivity index (χ2n) is 6.63. The molecular weight excluding hydrogens is 392 g/mol. The summed E-state index contributed by atoms with van der Waals surface area (Å²) in [6.45, 7) is 1.19. The summed E-state index contributed by atoms with van der Waals surface area (Å²) < 4.78 is 33.5. The highest BCUT2D eigenvalue weighted by atomic mass is 32.2. The minimum Gasteiger partial charge on any atom is -0.497 e. The molecule has 1 aliphatic heterocycles. The lowest BCUT2D eigenvalue weighted by Crippen LogP contribution is -2.37. The fraction of sp³-hybridized carbons (Fsp3) is 0.238. The maximum absolute atomic E-state index is 12.8. The maximum Gasteiger partial charge on any atom is 0.240 e. The first-order valence-corrected chi connectivity index (χ1v) is 11.5. The van der Waals surface area contributed by atoms with E-state index in [4.69, 9.17) is 4.74 Å². The molecule has 0 aliphatic carbocycles. The molecule has 7 heteroatoms. The molecule has 1 N–H and O–H groups in total. The van der Waals surface area contributed by atoms with E-state index in [9.17, 15) is 8.42 Å². The standard InChI is InChI=1S/C21H22N2O3S2/c1-26-17-8-10-18(11-9-17)28(24,25)22-15-20(21-7-4-14-27-21)23-13-12-16-5-2-3-6-19(16)23/h2-11,14,20,22H,12-13,15H2,1H3/t20-/m1/s1. The Morgan fingerprint density at radius 3 is 2.61 bits per heavy atom. The second kappa shape index (κ2) is 7.95. The zero-order chi connectivity index (χ0) is 19.6. The number of hydrogen-bond acceptors (Lipinski definition) is 5. The molecule has 1 aromatic heterocycles. The van der Waals surface area contributed by atoms with Crippen molar-refractivity contribution in [3.8, 4) is 5.75 Å². The molecule has 5 nitrogen and oxygen atoms in total. The van der Waals surface area contributed by atoms with E-state index in [1.807, 2.05) is 17.5 Å². The first kappa shape index (κ1) is 19.0. The number of rotatable bonds is 7. The van der Waals surface area contributed by atoms with Crippen LogP contribution in [0.5, 0.6) is 5.75 Å². The highest BCUT2D eigenvalue weighted by Gasteiger charge is 2.29. The van der Waals surface area contributed by atoms with Crippen molar-refractivity contribution in [2.75, 3.05) is 25.1 Å². The molecule has 3 aromatic rings. The van der Waals surface area contributed by atoms with Crippen LogP contribution < -0.4 is 14.4 Å². The van der Waals surface area contributed by atoms with Crippen LogP contribution >= 0.6 is 11.3 Å². The molecule has 0 fully saturated rings. The lowest BCUT2D eigenvalue weighted by atomic mass is 10.1. The number of sulfonamides is 1. The Hall–Kier alpha value is -2.35. The molecule has 2 aromatic carbocycles. The van der Waals surface area contributed by atoms with Gasteiger partial charge in [-0.05, 0) is 53.8 Å². The Morgan fingerprint density at radius 1 is 1.11 bits per heavy atom. The average Bonchev–Trinajstić information content (AvgIpc) is 3.39. The lowest BCUT2D eigenvalue weighted by molar-refractivity contribution is 0.414. The van der Waals surface area contributed by atoms with Crippen LogP contribution in [-0.2, 0) is 16.4 Å². The van der Waals surface area contributed by atoms with Crippen molar-refractivity contribution in [1.82, 2.24) is 4.72 Å². The molecule has 2 heterocycles. The molecule has 0 amide bonds. The normalized spacial score (nSPS) is 14.7. The number of benzene rings is 2. The third-order valence-electron chi connectivity index (χ3n) is 5.01. The van der Waals surface area contributed by atoms with E-state index in [0.717, 1.165) is 17.8 Å². The number of hydrogen-bond donors (Lipinski definition) is 1. The van der Waals surface area contributed by atoms with Gasteiger partial charge in [0.05, 0.1) is 18.0 Å². The van der Waals surface area contributed by atoms with Gasteiger partial charge in [-0.25, -0.2) is 13.1 Å². The molecule has 1 atom stereocenters. The van der Waals surface area contributed by atoms with Crippen molar-refractivity contribution in [2.24, 2.45) is 0 Å². The molecule has 1 aliphatic rings. The third kappa shape index (κ3) is 3.78. The first-order chi connectivity index (χ1) is 13.6. The summed E-state index contributed by atoms with van der Waals surface area (Å²) >= 11 is 1.65. The van der Waals surface area contributed by atoms with Crippen LogP contribution in [-0.4, -0.2) is 28.6 Å². The fourth-order valence-corrected chi connectivity index (χ4v) is 5.44. The van der Waals surface area contributed by atoms with Crippen molar-refractivity contribution < 1.29 is 13.2 Å². The average molecular weight is 415 g/mol. The summed E-state index contributed by atoms with van der Waals surface area (Å²) in [5.74, 6) is 0.629. The van der Waals surface area contributed by atoms with Crippen LogP contribution in [0.3, 0.4) is 0 Å². The predicted molar refractivity (Wildman–Crippen MR) is 113 cm³/mol. The van der Waals surface area contributed by atoms with Crippen LogP contribution in [0.4, 0.5) is 5.69 Å². The van der Waals surface area contributed by atoms with Gasteiger partial charge in [-0.3, -0.25) is 0 Å². The molecule has 0 bridgehead atoms. The number of fused-ring (bicyclic) bond motifs is 1. The third-order valence-corrected chi connectivity index (χ3v) is 7.42. The number of ether oxygens (including phenoxy) is 1. The minimum atomic E-state index is -3.61. The van der Waals surface area contributed by atoms with E-state index in [1.54, 1.807) is 42.7 Å². The summed E-state index contributed by atoms with van der Waals surface area (Å²) in [5, 5.41) is 2.03. The molecule has 0 saturated carbocycles. The van der Waals surface area contributed by atoms with Crippen molar-refractivity contribution in [3.05, 3.63) is 76.5 Å². The molecule has 28 heavy (non-hydrogen) atoms. The number of thiophene rings is 1. The number of para-hydroxylation sites is 1. The summed E-state index contributed by atoms with van der Waals surface area (Å²) in [7, 11) is -2.05. The minimum absolute atomic E-state index is 0.0447. The van der Waals surface area contributed by atoms with E-state index in [-0.39, 0.29) is 10.9 Å². The lowest BCUT2D eigenvalue weighted by Gasteiger charge is -2.30. The molecule has 4 rings (SSSR count). The van der Waals surface area contributed by atoms with E-state index in [1.165, 1.54) is 11.3 Å². The monoisotopic (exact) mass is 414 g/mol. The Labute approximate surface area is 169 Å². The van der Waals surface area contributed by atoms with Gasteiger partial charge in [-0.2, -0.15) is 0 Å². The highest BCUT2D eigenvalue weighted by molar-refractivity contribution is 7.89. The van der Waals surface area contributed by atoms with E-state index >= 15 is 0 Å². The summed E-state index contributed by atoms with van der Waals surface area (Å²) in [6.07, 6.45) is 0.975. The van der Waals surface area contributed by atoms with Crippen LogP contribution in [0.15, 0.2) is 70.9 Å². The maximum atomic E-state index is 12.8. The largest absolute Gasteiger partial charge is 0.497 e. The van der Waals surface area contributed by atoms with Gasteiger partial charge in [0.1, 0.15) is 5.75 Å². The SMILES string of the molecule is COc1ccc(S(=O)(=O)NC[C@H](c2cccs2)N2CCc3ccccc32)cc1. The van der Waals surface area contributed by atoms with Crippen LogP contribution in [0, 0.1) is 0 Å². The van der Waals surface area contributed by atoms with E-state index < -0.39 is 10.0 Å². The molecule has 0 radical (unpaired) electrons. The molecule has 0 unspecified atom stereocenters. The predicted octanol–water partition coefficient (Wildman–Crippen LogP) is 3.84. The topological polar surface area (TPSA) is 58.6 Å². The Morgan fingerprint density at radius 2 is 1.89 bits per heavy atom. The van der Waals surface area contributed by atoms with E-state index in [0.29, 0.717) is 12.3 Å². The zero-order valence-electron chi connectivity index (χ0n) is 15.5. The number of anilines is 1. The van der Waals surface area contributed by atoms with Gasteiger partial charge in [0, 0.05) is 23.7 Å². The van der Waals surface area contributed by atoms with Crippen molar-refractivity contribution >= 4 is 27.0 Å². The van der Waals surface area contributed by atoms with Gasteiger partial charge in [0.2, 0.25) is 10.0 Å². The van der Waals surface area contributed by atoms with Crippen molar-refractivity contribution in [2.45, 2.75) is 17.4 Å². The zero-order valence-corrected chi connectivity index (χ0v) is 17.2. The van der Waals surface area contributed by atoms with Gasteiger partial charge >= 0.3 is 0 Å². The Balaban J connectivity index is 1.57. The number of nitrogens with one attached hydrogen (secondary N) is 1. The van der Waals surface area contributed by atoms with Crippen molar-refractivity contribution in [3.63, 3.8) is 0 Å². The van der Waals surface area contributed by atoms with Crippen LogP contribution in [0.25, 0.3) is 0 Å². The van der Waals surface area contributed by atoms with Gasteiger partial charge in [-0.1, -0.05) is 24.3 Å². The van der Waals surface area contributed by atoms with Crippen LogP contribution in [0.1, 0.15) is 16.5 Å². The van der Waals surface area contributed by atoms with Gasteiger partial charge in [0.15, 0.2) is 0 Å². The van der Waals surface area contributed by atoms with Crippen LogP contribution in [0.2, 0.25) is 0 Å². The van der Waals surface area contributed by atoms with Gasteiger partial charge < -0.3 is 9.64 Å². The van der Waals surface area contributed by atoms with E-state index in [2.05, 4.69) is 33.9 Å². The Kier molecular flexibility index (Phi) is 5.39. The van der Waals surface area contributed by atoms with Gasteiger partial charge in [-0.15, -0.1) is 11.3 Å². The molecule has 0 saturated heterocycles. The summed E-state index contributed by atoms with van der Waals surface area (Å²) in [5.41, 5.74) is 2.49. The molecule has 0 spiro atoms. The highest BCUT2D eigenvalue weighted by Crippen LogP contribution is 2.36. The summed E-state index contributed by atoms with van der Waals surface area (Å²) in [4.78, 5) is 3.69. The molecule has 146 valence electrons. The second-order valence-corrected chi connectivity index (χ2v) is 9.38. The molecular formula is C21H22N2O3S2. The summed E-state index contributed by atoms with van der Waals surface area (Å²) in [6, 6.07) is 18.8. The first-order valence-electron chi connectivity index (χ1n) is 9.10. The van der Waals surface area contributed by atoms with Crippen molar-refractivity contribution in [1.29, 1.82) is 0 Å². The number of methoxy groups -OCH3 is 1. The smallest absolute Gasteiger partial charge is 0.240 e. The fourth-order valence-electron chi connectivity index (χ4n) is 3.56. The quantitative estimate of drug-likeness (QED) is 0.638. The van der Waals surface area contributed by atoms with Gasteiger partial charge in [0.25, 0.3) is 0 Å².